The average molecular weight is 220 g/mol. The number of rotatable bonds is 2. The second-order valence-corrected chi connectivity index (χ2v) is 3.12. The lowest BCUT2D eigenvalue weighted by Gasteiger charge is -2.07. The Labute approximate surface area is 90.5 Å². The van der Waals surface area contributed by atoms with Crippen molar-refractivity contribution in [3.63, 3.8) is 0 Å². The first-order valence-corrected chi connectivity index (χ1v) is 4.58. The molecule has 0 unspecified atom stereocenters. The SMILES string of the molecule is Nc1c(Oc2ccccc2F)[nH]ccc1=O. The van der Waals surface area contributed by atoms with Crippen LogP contribution in [0.15, 0.2) is 41.3 Å². The van der Waals surface area contributed by atoms with Gasteiger partial charge in [0.1, 0.15) is 5.69 Å². The van der Waals surface area contributed by atoms with Gasteiger partial charge in [-0.1, -0.05) is 12.1 Å². The number of halogens is 1. The highest BCUT2D eigenvalue weighted by Gasteiger charge is 2.08. The summed E-state index contributed by atoms with van der Waals surface area (Å²) in [4.78, 5) is 13.8. The van der Waals surface area contributed by atoms with E-state index in [9.17, 15) is 9.18 Å². The van der Waals surface area contributed by atoms with Crippen molar-refractivity contribution < 1.29 is 9.13 Å². The summed E-state index contributed by atoms with van der Waals surface area (Å²) in [6, 6.07) is 7.13. The molecule has 1 heterocycles. The molecule has 0 amide bonds. The minimum absolute atomic E-state index is 0.0102. The zero-order chi connectivity index (χ0) is 11.5. The molecule has 0 saturated carbocycles. The lowest BCUT2D eigenvalue weighted by molar-refractivity contribution is 0.429. The summed E-state index contributed by atoms with van der Waals surface area (Å²) in [6.07, 6.45) is 1.38. The summed E-state index contributed by atoms with van der Waals surface area (Å²) in [5.74, 6) is -0.472. The summed E-state index contributed by atoms with van der Waals surface area (Å²) in [5, 5.41) is 0. The molecule has 0 spiro atoms. The molecule has 0 bridgehead atoms. The molecule has 0 aliphatic rings. The summed E-state index contributed by atoms with van der Waals surface area (Å²) in [6.45, 7) is 0. The van der Waals surface area contributed by atoms with Crippen LogP contribution in [0.4, 0.5) is 10.1 Å². The maximum Gasteiger partial charge on any atom is 0.224 e. The van der Waals surface area contributed by atoms with E-state index in [4.69, 9.17) is 10.5 Å². The summed E-state index contributed by atoms with van der Waals surface area (Å²) in [7, 11) is 0. The molecule has 0 fully saturated rings. The molecule has 4 nitrogen and oxygen atoms in total. The van der Waals surface area contributed by atoms with E-state index in [1.54, 1.807) is 12.1 Å². The fraction of sp³-hybridized carbons (Fsp3) is 0. The van der Waals surface area contributed by atoms with Crippen LogP contribution in [0.2, 0.25) is 0 Å². The van der Waals surface area contributed by atoms with E-state index in [1.165, 1.54) is 24.4 Å². The van der Waals surface area contributed by atoms with Crippen LogP contribution >= 0.6 is 0 Å². The molecule has 0 atom stereocenters. The molecule has 1 aromatic heterocycles. The maximum absolute atomic E-state index is 13.2. The van der Waals surface area contributed by atoms with Gasteiger partial charge in [0.2, 0.25) is 11.3 Å². The molecule has 2 rings (SSSR count). The molecule has 1 aromatic carbocycles. The van der Waals surface area contributed by atoms with E-state index in [0.717, 1.165) is 0 Å². The van der Waals surface area contributed by atoms with E-state index in [0.29, 0.717) is 0 Å². The fourth-order valence-corrected chi connectivity index (χ4v) is 1.19. The van der Waals surface area contributed by atoms with Crippen molar-refractivity contribution in [2.45, 2.75) is 0 Å². The number of anilines is 1. The molecule has 3 N–H and O–H groups in total. The molecule has 82 valence electrons. The number of aromatic nitrogens is 1. The van der Waals surface area contributed by atoms with E-state index >= 15 is 0 Å². The smallest absolute Gasteiger partial charge is 0.224 e. The predicted octanol–water partition coefficient (Wildman–Crippen LogP) is 1.89. The van der Waals surface area contributed by atoms with Crippen molar-refractivity contribution in [2.75, 3.05) is 5.73 Å². The van der Waals surface area contributed by atoms with Gasteiger partial charge in [0.25, 0.3) is 0 Å². The lowest BCUT2D eigenvalue weighted by Crippen LogP contribution is -2.09. The number of aromatic amines is 1. The molecule has 0 aliphatic heterocycles. The third-order valence-corrected chi connectivity index (χ3v) is 2.01. The zero-order valence-electron chi connectivity index (χ0n) is 8.24. The van der Waals surface area contributed by atoms with Crippen LogP contribution in [0.5, 0.6) is 11.6 Å². The van der Waals surface area contributed by atoms with E-state index in [1.807, 2.05) is 0 Å². The summed E-state index contributed by atoms with van der Waals surface area (Å²) >= 11 is 0. The van der Waals surface area contributed by atoms with Crippen molar-refractivity contribution in [1.82, 2.24) is 4.98 Å². The van der Waals surface area contributed by atoms with Gasteiger partial charge in [-0.15, -0.1) is 0 Å². The van der Waals surface area contributed by atoms with Gasteiger partial charge in [0.15, 0.2) is 11.6 Å². The molecule has 5 heteroatoms. The van der Waals surface area contributed by atoms with Gasteiger partial charge < -0.3 is 15.5 Å². The Bertz CT molecular complexity index is 566. The van der Waals surface area contributed by atoms with E-state index in [2.05, 4.69) is 4.98 Å². The third-order valence-electron chi connectivity index (χ3n) is 2.01. The number of para-hydroxylation sites is 1. The Kier molecular flexibility index (Phi) is 2.59. The molecule has 0 aliphatic carbocycles. The first-order chi connectivity index (χ1) is 7.68. The second kappa shape index (κ2) is 4.06. The molecule has 16 heavy (non-hydrogen) atoms. The van der Waals surface area contributed by atoms with Gasteiger partial charge in [0, 0.05) is 12.3 Å². The first kappa shape index (κ1) is 10.2. The Morgan fingerprint density at radius 3 is 2.75 bits per heavy atom. The van der Waals surface area contributed by atoms with Gasteiger partial charge in [-0.25, -0.2) is 4.39 Å². The van der Waals surface area contributed by atoms with Crippen LogP contribution in [0.3, 0.4) is 0 Å². The summed E-state index contributed by atoms with van der Waals surface area (Å²) < 4.78 is 18.4. The van der Waals surface area contributed by atoms with E-state index < -0.39 is 5.82 Å². The molecule has 2 aromatic rings. The predicted molar refractivity (Wildman–Crippen MR) is 57.9 cm³/mol. The number of ether oxygens (including phenoxy) is 1. The van der Waals surface area contributed by atoms with Crippen LogP contribution in [0.25, 0.3) is 0 Å². The number of nitrogen functional groups attached to an aromatic ring is 1. The number of benzene rings is 1. The van der Waals surface area contributed by atoms with Crippen LogP contribution in [0.1, 0.15) is 0 Å². The maximum atomic E-state index is 13.2. The van der Waals surface area contributed by atoms with Crippen molar-refractivity contribution >= 4 is 5.69 Å². The number of hydrogen-bond acceptors (Lipinski definition) is 3. The van der Waals surface area contributed by atoms with Gasteiger partial charge in [0.05, 0.1) is 0 Å². The topological polar surface area (TPSA) is 68.1 Å². The Morgan fingerprint density at radius 1 is 1.25 bits per heavy atom. The van der Waals surface area contributed by atoms with Crippen LogP contribution in [-0.2, 0) is 0 Å². The molecule has 0 saturated heterocycles. The molecule has 0 radical (unpaired) electrons. The Morgan fingerprint density at radius 2 is 2.00 bits per heavy atom. The average Bonchev–Trinajstić information content (AvgIpc) is 2.28. The van der Waals surface area contributed by atoms with Gasteiger partial charge in [-0.3, -0.25) is 4.79 Å². The minimum atomic E-state index is -0.522. The third kappa shape index (κ3) is 1.88. The normalized spacial score (nSPS) is 10.1. The van der Waals surface area contributed by atoms with E-state index in [-0.39, 0.29) is 22.7 Å². The monoisotopic (exact) mass is 220 g/mol. The number of nitrogens with one attached hydrogen (secondary N) is 1. The van der Waals surface area contributed by atoms with Crippen LogP contribution in [-0.4, -0.2) is 4.98 Å². The zero-order valence-corrected chi connectivity index (χ0v) is 8.24. The largest absolute Gasteiger partial charge is 0.436 e. The van der Waals surface area contributed by atoms with Crippen molar-refractivity contribution in [2.24, 2.45) is 0 Å². The van der Waals surface area contributed by atoms with Crippen LogP contribution < -0.4 is 15.9 Å². The standard InChI is InChI=1S/C11H9FN2O2/c12-7-3-1-2-4-9(7)16-11-10(13)8(15)5-6-14-11/h1-6H,13H2,(H,14,15). The van der Waals surface area contributed by atoms with Crippen molar-refractivity contribution in [1.29, 1.82) is 0 Å². The van der Waals surface area contributed by atoms with Crippen molar-refractivity contribution in [3.8, 4) is 11.6 Å². The van der Waals surface area contributed by atoms with Crippen LogP contribution in [0, 0.1) is 5.82 Å². The minimum Gasteiger partial charge on any atom is -0.436 e. The highest BCUT2D eigenvalue weighted by atomic mass is 19.1. The first-order valence-electron chi connectivity index (χ1n) is 4.58. The fourth-order valence-electron chi connectivity index (χ4n) is 1.19. The quantitative estimate of drug-likeness (QED) is 0.812. The van der Waals surface area contributed by atoms with Gasteiger partial charge in [-0.2, -0.15) is 0 Å². The lowest BCUT2D eigenvalue weighted by atomic mass is 10.3. The number of nitrogens with two attached hydrogens (primary N) is 1. The Hall–Kier alpha value is -2.30. The highest BCUT2D eigenvalue weighted by Crippen LogP contribution is 2.24. The number of pyridine rings is 1. The highest BCUT2D eigenvalue weighted by molar-refractivity contribution is 5.48. The summed E-state index contributed by atoms with van der Waals surface area (Å²) in [5.41, 5.74) is 5.04. The van der Waals surface area contributed by atoms with Gasteiger partial charge in [-0.05, 0) is 12.1 Å². The number of H-pyrrole nitrogens is 1. The number of hydrogen-bond donors (Lipinski definition) is 2. The van der Waals surface area contributed by atoms with Gasteiger partial charge >= 0.3 is 0 Å². The second-order valence-electron chi connectivity index (χ2n) is 3.12. The Balaban J connectivity index is 2.38. The molecular formula is C11H9FN2O2. The molecular weight excluding hydrogens is 211 g/mol. The van der Waals surface area contributed by atoms with Crippen molar-refractivity contribution in [3.05, 3.63) is 52.6 Å².